The van der Waals surface area contributed by atoms with Crippen molar-refractivity contribution >= 4 is 5.95 Å². The van der Waals surface area contributed by atoms with Crippen LogP contribution in [-0.4, -0.2) is 29.8 Å². The van der Waals surface area contributed by atoms with Crippen molar-refractivity contribution in [2.24, 2.45) is 5.92 Å². The highest BCUT2D eigenvalue weighted by Gasteiger charge is 2.03. The molecule has 14 heavy (non-hydrogen) atoms. The molecular weight excluding hydrogens is 178 g/mol. The lowest BCUT2D eigenvalue weighted by atomic mass is 10.2. The molecule has 0 aliphatic heterocycles. The highest BCUT2D eigenvalue weighted by Crippen LogP contribution is 2.05. The third kappa shape index (κ3) is 3.03. The van der Waals surface area contributed by atoms with Gasteiger partial charge >= 0.3 is 0 Å². The van der Waals surface area contributed by atoms with Crippen LogP contribution in [0.3, 0.4) is 0 Å². The highest BCUT2D eigenvalue weighted by molar-refractivity contribution is 5.25. The minimum absolute atomic E-state index is 0.502. The molecule has 4 heteroatoms. The summed E-state index contributed by atoms with van der Waals surface area (Å²) in [7, 11) is 1.73. The van der Waals surface area contributed by atoms with Gasteiger partial charge in [0.15, 0.2) is 0 Å². The Morgan fingerprint density at radius 1 is 1.64 bits per heavy atom. The second-order valence-corrected chi connectivity index (χ2v) is 3.48. The predicted octanol–water partition coefficient (Wildman–Crippen LogP) is 1.60. The average Bonchev–Trinajstić information content (AvgIpc) is 2.62. The summed E-state index contributed by atoms with van der Waals surface area (Å²) in [4.78, 5) is 4.23. The highest BCUT2D eigenvalue weighted by atomic mass is 16.5. The largest absolute Gasteiger partial charge is 0.384 e. The normalized spacial score (nSPS) is 12.8. The van der Waals surface area contributed by atoms with Crippen molar-refractivity contribution in [3.63, 3.8) is 0 Å². The van der Waals surface area contributed by atoms with Crippen LogP contribution in [-0.2, 0) is 11.3 Å². The summed E-state index contributed by atoms with van der Waals surface area (Å²) in [5.41, 5.74) is 0. The fourth-order valence-electron chi connectivity index (χ4n) is 1.34. The Labute approximate surface area is 85.3 Å². The second kappa shape index (κ2) is 5.65. The molecule has 1 rings (SSSR count). The Morgan fingerprint density at radius 2 is 2.43 bits per heavy atom. The molecule has 0 aliphatic rings. The number of imidazole rings is 1. The number of ether oxygens (including phenoxy) is 1. The van der Waals surface area contributed by atoms with Crippen molar-refractivity contribution < 1.29 is 4.74 Å². The van der Waals surface area contributed by atoms with Gasteiger partial charge in [-0.05, 0) is 12.8 Å². The van der Waals surface area contributed by atoms with Gasteiger partial charge in [0, 0.05) is 32.6 Å². The number of aromatic nitrogens is 2. The summed E-state index contributed by atoms with van der Waals surface area (Å²) in [6, 6.07) is 0. The number of hydrogen-bond donors (Lipinski definition) is 1. The number of hydrogen-bond acceptors (Lipinski definition) is 3. The van der Waals surface area contributed by atoms with Crippen LogP contribution in [0.1, 0.15) is 13.8 Å². The van der Waals surface area contributed by atoms with Gasteiger partial charge in [0.05, 0.1) is 6.61 Å². The van der Waals surface area contributed by atoms with Gasteiger partial charge in [0.1, 0.15) is 0 Å². The van der Waals surface area contributed by atoms with Gasteiger partial charge in [-0.25, -0.2) is 4.98 Å². The van der Waals surface area contributed by atoms with Crippen LogP contribution in [0.4, 0.5) is 5.95 Å². The molecule has 1 unspecified atom stereocenters. The van der Waals surface area contributed by atoms with Crippen LogP contribution in [0, 0.1) is 5.92 Å². The summed E-state index contributed by atoms with van der Waals surface area (Å²) in [5, 5.41) is 3.30. The van der Waals surface area contributed by atoms with E-state index in [1.54, 1.807) is 7.11 Å². The van der Waals surface area contributed by atoms with E-state index >= 15 is 0 Å². The van der Waals surface area contributed by atoms with E-state index < -0.39 is 0 Å². The minimum atomic E-state index is 0.502. The first-order valence-electron chi connectivity index (χ1n) is 5.01. The average molecular weight is 197 g/mol. The maximum absolute atomic E-state index is 5.06. The van der Waals surface area contributed by atoms with E-state index in [0.717, 1.165) is 25.6 Å². The fraction of sp³-hybridized carbons (Fsp3) is 0.700. The lowest BCUT2D eigenvalue weighted by molar-refractivity contribution is 0.164. The molecule has 0 amide bonds. The van der Waals surface area contributed by atoms with Crippen molar-refractivity contribution in [2.45, 2.75) is 20.4 Å². The SMILES string of the molecule is CCn1ccnc1NCC(C)COC. The van der Waals surface area contributed by atoms with Crippen molar-refractivity contribution in [1.82, 2.24) is 9.55 Å². The van der Waals surface area contributed by atoms with E-state index in [-0.39, 0.29) is 0 Å². The van der Waals surface area contributed by atoms with E-state index in [4.69, 9.17) is 4.74 Å². The van der Waals surface area contributed by atoms with Gasteiger partial charge in [-0.1, -0.05) is 6.92 Å². The molecule has 1 heterocycles. The molecule has 0 radical (unpaired) electrons. The van der Waals surface area contributed by atoms with Crippen LogP contribution in [0.15, 0.2) is 12.4 Å². The molecule has 0 spiro atoms. The Bertz CT molecular complexity index is 260. The molecule has 1 aromatic heterocycles. The van der Waals surface area contributed by atoms with E-state index in [1.807, 2.05) is 12.4 Å². The molecule has 1 N–H and O–H groups in total. The Kier molecular flexibility index (Phi) is 4.46. The zero-order valence-electron chi connectivity index (χ0n) is 9.16. The Morgan fingerprint density at radius 3 is 3.07 bits per heavy atom. The van der Waals surface area contributed by atoms with Crippen molar-refractivity contribution in [3.05, 3.63) is 12.4 Å². The smallest absolute Gasteiger partial charge is 0.202 e. The van der Waals surface area contributed by atoms with Crippen LogP contribution < -0.4 is 5.32 Å². The van der Waals surface area contributed by atoms with E-state index in [1.165, 1.54) is 0 Å². The lowest BCUT2D eigenvalue weighted by Crippen LogP contribution is -2.17. The number of rotatable bonds is 6. The Balaban J connectivity index is 2.37. The third-order valence-corrected chi connectivity index (χ3v) is 2.12. The minimum Gasteiger partial charge on any atom is -0.384 e. The summed E-state index contributed by atoms with van der Waals surface area (Å²) >= 11 is 0. The van der Waals surface area contributed by atoms with Crippen LogP contribution in [0.25, 0.3) is 0 Å². The number of nitrogens with one attached hydrogen (secondary N) is 1. The summed E-state index contributed by atoms with van der Waals surface area (Å²) in [5.74, 6) is 1.44. The molecule has 4 nitrogen and oxygen atoms in total. The topological polar surface area (TPSA) is 39.1 Å². The zero-order valence-corrected chi connectivity index (χ0v) is 9.16. The molecule has 0 fully saturated rings. The second-order valence-electron chi connectivity index (χ2n) is 3.48. The van der Waals surface area contributed by atoms with Gasteiger partial charge in [0.25, 0.3) is 0 Å². The molecule has 1 atom stereocenters. The predicted molar refractivity (Wildman–Crippen MR) is 57.4 cm³/mol. The monoisotopic (exact) mass is 197 g/mol. The molecule has 0 saturated carbocycles. The van der Waals surface area contributed by atoms with Crippen molar-refractivity contribution in [2.75, 3.05) is 25.6 Å². The maximum Gasteiger partial charge on any atom is 0.202 e. The van der Waals surface area contributed by atoms with E-state index in [0.29, 0.717) is 5.92 Å². The van der Waals surface area contributed by atoms with Crippen LogP contribution in [0.5, 0.6) is 0 Å². The van der Waals surface area contributed by atoms with E-state index in [9.17, 15) is 0 Å². The molecule has 0 aliphatic carbocycles. The first-order valence-corrected chi connectivity index (χ1v) is 5.01. The van der Waals surface area contributed by atoms with E-state index in [2.05, 4.69) is 28.7 Å². The number of anilines is 1. The van der Waals surface area contributed by atoms with Gasteiger partial charge in [0.2, 0.25) is 5.95 Å². The quantitative estimate of drug-likeness (QED) is 0.753. The van der Waals surface area contributed by atoms with Crippen LogP contribution >= 0.6 is 0 Å². The zero-order chi connectivity index (χ0) is 10.4. The Hall–Kier alpha value is -1.03. The number of nitrogens with zero attached hydrogens (tertiary/aromatic N) is 2. The molecule has 0 aromatic carbocycles. The lowest BCUT2D eigenvalue weighted by Gasteiger charge is -2.12. The number of aryl methyl sites for hydroxylation is 1. The molecule has 80 valence electrons. The molecule has 0 saturated heterocycles. The first kappa shape index (κ1) is 11.0. The van der Waals surface area contributed by atoms with Gasteiger partial charge in [-0.3, -0.25) is 0 Å². The molecular formula is C10H19N3O. The number of methoxy groups -OCH3 is 1. The van der Waals surface area contributed by atoms with Crippen LogP contribution in [0.2, 0.25) is 0 Å². The van der Waals surface area contributed by atoms with Crippen molar-refractivity contribution in [1.29, 1.82) is 0 Å². The standard InChI is InChI=1S/C10H19N3O/c1-4-13-6-5-11-10(13)12-7-9(2)8-14-3/h5-6,9H,4,7-8H2,1-3H3,(H,11,12). The fourth-order valence-corrected chi connectivity index (χ4v) is 1.34. The van der Waals surface area contributed by atoms with Gasteiger partial charge < -0.3 is 14.6 Å². The summed E-state index contributed by atoms with van der Waals surface area (Å²) < 4.78 is 7.15. The molecule has 0 bridgehead atoms. The first-order chi connectivity index (χ1) is 6.77. The van der Waals surface area contributed by atoms with Gasteiger partial charge in [-0.2, -0.15) is 0 Å². The van der Waals surface area contributed by atoms with Gasteiger partial charge in [-0.15, -0.1) is 0 Å². The van der Waals surface area contributed by atoms with Crippen molar-refractivity contribution in [3.8, 4) is 0 Å². The molecule has 1 aromatic rings. The summed E-state index contributed by atoms with van der Waals surface area (Å²) in [6.07, 6.45) is 3.79. The third-order valence-electron chi connectivity index (χ3n) is 2.12. The summed E-state index contributed by atoms with van der Waals surface area (Å²) in [6.45, 7) is 6.87. The maximum atomic E-state index is 5.06.